The molecule has 0 spiro atoms. The molecular formula is C11H18N2. The van der Waals surface area contributed by atoms with Crippen molar-refractivity contribution < 1.29 is 0 Å². The molecule has 2 heteroatoms. The van der Waals surface area contributed by atoms with Gasteiger partial charge in [-0.05, 0) is 37.9 Å². The second-order valence-corrected chi connectivity index (χ2v) is 3.61. The van der Waals surface area contributed by atoms with Crippen LogP contribution < -0.4 is 5.32 Å². The molecule has 1 N–H and O–H groups in total. The van der Waals surface area contributed by atoms with Gasteiger partial charge in [0.25, 0.3) is 0 Å². The first-order chi connectivity index (χ1) is 6.24. The normalized spacial score (nSPS) is 15.3. The fourth-order valence-electron chi connectivity index (χ4n) is 1.45. The van der Waals surface area contributed by atoms with Crippen LogP contribution in [0.25, 0.3) is 0 Å². The summed E-state index contributed by atoms with van der Waals surface area (Å²) in [5.74, 6) is 0.580. The fourth-order valence-corrected chi connectivity index (χ4v) is 1.45. The van der Waals surface area contributed by atoms with Crippen molar-refractivity contribution in [2.75, 3.05) is 7.05 Å². The van der Waals surface area contributed by atoms with Crippen molar-refractivity contribution in [1.82, 2.24) is 10.3 Å². The van der Waals surface area contributed by atoms with Crippen LogP contribution in [0.3, 0.4) is 0 Å². The third-order valence-electron chi connectivity index (χ3n) is 2.45. The largest absolute Gasteiger partial charge is 0.317 e. The molecule has 0 aliphatic carbocycles. The monoisotopic (exact) mass is 178 g/mol. The van der Waals surface area contributed by atoms with E-state index in [2.05, 4.69) is 30.2 Å². The van der Waals surface area contributed by atoms with E-state index in [1.165, 1.54) is 5.56 Å². The van der Waals surface area contributed by atoms with E-state index in [0.29, 0.717) is 12.0 Å². The van der Waals surface area contributed by atoms with Gasteiger partial charge in [-0.2, -0.15) is 0 Å². The van der Waals surface area contributed by atoms with E-state index < -0.39 is 0 Å². The third kappa shape index (κ3) is 3.15. The predicted octanol–water partition coefficient (Wildman–Crippen LogP) is 2.18. The van der Waals surface area contributed by atoms with E-state index in [9.17, 15) is 0 Å². The number of hydrogen-bond acceptors (Lipinski definition) is 2. The Kier molecular flexibility index (Phi) is 3.90. The highest BCUT2D eigenvalue weighted by Gasteiger charge is 2.08. The van der Waals surface area contributed by atoms with Gasteiger partial charge >= 0.3 is 0 Å². The van der Waals surface area contributed by atoms with Gasteiger partial charge < -0.3 is 5.32 Å². The number of aromatic nitrogens is 1. The van der Waals surface area contributed by atoms with Crippen LogP contribution in [0.5, 0.6) is 0 Å². The quantitative estimate of drug-likeness (QED) is 0.764. The molecule has 0 radical (unpaired) electrons. The summed E-state index contributed by atoms with van der Waals surface area (Å²) in [5, 5.41) is 3.25. The van der Waals surface area contributed by atoms with Crippen LogP contribution in [-0.2, 0) is 0 Å². The maximum Gasteiger partial charge on any atom is 0.0302 e. The molecule has 1 aromatic heterocycles. The Balaban J connectivity index is 2.53. The second kappa shape index (κ2) is 4.97. The number of hydrogen-bond donors (Lipinski definition) is 1. The molecule has 0 bridgehead atoms. The summed E-state index contributed by atoms with van der Waals surface area (Å²) in [6.45, 7) is 4.44. The summed E-state index contributed by atoms with van der Waals surface area (Å²) in [7, 11) is 2.00. The molecule has 0 aliphatic rings. The van der Waals surface area contributed by atoms with Crippen molar-refractivity contribution >= 4 is 0 Å². The molecule has 0 fully saturated rings. The molecule has 0 aromatic carbocycles. The van der Waals surface area contributed by atoms with Gasteiger partial charge in [-0.1, -0.05) is 13.0 Å². The molecule has 2 nitrogen and oxygen atoms in total. The molecule has 72 valence electrons. The van der Waals surface area contributed by atoms with Crippen molar-refractivity contribution in [1.29, 1.82) is 0 Å². The zero-order valence-electron chi connectivity index (χ0n) is 8.62. The van der Waals surface area contributed by atoms with Crippen molar-refractivity contribution in [2.24, 2.45) is 0 Å². The molecule has 0 aliphatic heterocycles. The zero-order valence-corrected chi connectivity index (χ0v) is 8.62. The molecule has 1 aromatic rings. The highest BCUT2D eigenvalue weighted by Crippen LogP contribution is 2.18. The highest BCUT2D eigenvalue weighted by atomic mass is 14.8. The predicted molar refractivity (Wildman–Crippen MR) is 55.8 cm³/mol. The lowest BCUT2D eigenvalue weighted by molar-refractivity contribution is 0.515. The Morgan fingerprint density at radius 1 is 1.46 bits per heavy atom. The molecule has 0 saturated carbocycles. The Labute approximate surface area is 80.4 Å². The number of pyridine rings is 1. The van der Waals surface area contributed by atoms with Crippen LogP contribution in [-0.4, -0.2) is 18.1 Å². The molecule has 2 unspecified atom stereocenters. The standard InChI is InChI=1S/C11H18N2/c1-9(7-10(2)12-3)11-5-4-6-13-8-11/h4-6,8-10,12H,7H2,1-3H3. The maximum absolute atomic E-state index is 4.12. The van der Waals surface area contributed by atoms with Crippen LogP contribution in [0.4, 0.5) is 0 Å². The van der Waals surface area contributed by atoms with Crippen LogP contribution >= 0.6 is 0 Å². The SMILES string of the molecule is CNC(C)CC(C)c1cccnc1. The lowest BCUT2D eigenvalue weighted by Gasteiger charge is -2.16. The van der Waals surface area contributed by atoms with Crippen molar-refractivity contribution in [3.05, 3.63) is 30.1 Å². The van der Waals surface area contributed by atoms with E-state index in [4.69, 9.17) is 0 Å². The lowest BCUT2D eigenvalue weighted by Crippen LogP contribution is -2.22. The van der Waals surface area contributed by atoms with Gasteiger partial charge in [0.05, 0.1) is 0 Å². The first kappa shape index (κ1) is 10.2. The molecule has 0 saturated heterocycles. The minimum Gasteiger partial charge on any atom is -0.317 e. The lowest BCUT2D eigenvalue weighted by atomic mass is 9.96. The van der Waals surface area contributed by atoms with Gasteiger partial charge in [-0.3, -0.25) is 4.98 Å². The average Bonchev–Trinajstić information content (AvgIpc) is 2.19. The molecule has 2 atom stereocenters. The average molecular weight is 178 g/mol. The van der Waals surface area contributed by atoms with Crippen LogP contribution in [0, 0.1) is 0 Å². The van der Waals surface area contributed by atoms with Crippen LogP contribution in [0.15, 0.2) is 24.5 Å². The first-order valence-electron chi connectivity index (χ1n) is 4.81. The molecule has 1 rings (SSSR count). The Morgan fingerprint density at radius 2 is 2.23 bits per heavy atom. The summed E-state index contributed by atoms with van der Waals surface area (Å²) < 4.78 is 0. The van der Waals surface area contributed by atoms with Gasteiger partial charge in [0.15, 0.2) is 0 Å². The molecule has 1 heterocycles. The summed E-state index contributed by atoms with van der Waals surface area (Å²) in [4.78, 5) is 4.12. The maximum atomic E-state index is 4.12. The minimum atomic E-state index is 0.565. The Hall–Kier alpha value is -0.890. The van der Waals surface area contributed by atoms with Crippen molar-refractivity contribution in [2.45, 2.75) is 32.2 Å². The van der Waals surface area contributed by atoms with E-state index in [0.717, 1.165) is 6.42 Å². The van der Waals surface area contributed by atoms with Gasteiger partial charge in [-0.25, -0.2) is 0 Å². The van der Waals surface area contributed by atoms with Gasteiger partial charge in [0.1, 0.15) is 0 Å². The zero-order chi connectivity index (χ0) is 9.68. The minimum absolute atomic E-state index is 0.565. The van der Waals surface area contributed by atoms with Gasteiger partial charge in [0, 0.05) is 18.4 Å². The Morgan fingerprint density at radius 3 is 2.77 bits per heavy atom. The third-order valence-corrected chi connectivity index (χ3v) is 2.45. The van der Waals surface area contributed by atoms with Crippen molar-refractivity contribution in [3.8, 4) is 0 Å². The summed E-state index contributed by atoms with van der Waals surface area (Å²) >= 11 is 0. The fraction of sp³-hybridized carbons (Fsp3) is 0.545. The van der Waals surface area contributed by atoms with E-state index in [1.54, 1.807) is 0 Å². The summed E-state index contributed by atoms with van der Waals surface area (Å²) in [6, 6.07) is 4.70. The Bertz CT molecular complexity index is 233. The van der Waals surface area contributed by atoms with E-state index in [-0.39, 0.29) is 0 Å². The smallest absolute Gasteiger partial charge is 0.0302 e. The summed E-state index contributed by atoms with van der Waals surface area (Å²) in [6.07, 6.45) is 4.92. The van der Waals surface area contributed by atoms with E-state index in [1.807, 2.05) is 25.5 Å². The van der Waals surface area contributed by atoms with Crippen LogP contribution in [0.2, 0.25) is 0 Å². The number of rotatable bonds is 4. The number of nitrogens with one attached hydrogen (secondary N) is 1. The summed E-state index contributed by atoms with van der Waals surface area (Å²) in [5.41, 5.74) is 1.32. The number of nitrogens with zero attached hydrogens (tertiary/aromatic N) is 1. The van der Waals surface area contributed by atoms with Gasteiger partial charge in [0.2, 0.25) is 0 Å². The highest BCUT2D eigenvalue weighted by molar-refractivity contribution is 5.13. The van der Waals surface area contributed by atoms with E-state index >= 15 is 0 Å². The molecular weight excluding hydrogens is 160 g/mol. The van der Waals surface area contributed by atoms with Gasteiger partial charge in [-0.15, -0.1) is 0 Å². The molecule has 0 amide bonds. The van der Waals surface area contributed by atoms with Crippen LogP contribution in [0.1, 0.15) is 31.7 Å². The first-order valence-corrected chi connectivity index (χ1v) is 4.81. The second-order valence-electron chi connectivity index (χ2n) is 3.61. The van der Waals surface area contributed by atoms with Crippen molar-refractivity contribution in [3.63, 3.8) is 0 Å². The molecule has 13 heavy (non-hydrogen) atoms. The topological polar surface area (TPSA) is 24.9 Å².